The minimum Gasteiger partial charge on any atom is -0.466 e. The Morgan fingerprint density at radius 1 is 1.42 bits per heavy atom. The van der Waals surface area contributed by atoms with Crippen LogP contribution in [0.4, 0.5) is 5.69 Å². The second-order valence-electron chi connectivity index (χ2n) is 4.07. The van der Waals surface area contributed by atoms with Gasteiger partial charge >= 0.3 is 5.97 Å². The smallest absolute Gasteiger partial charge is 0.337 e. The number of hydrogen-bond donors (Lipinski definition) is 1. The molecule has 4 nitrogen and oxygen atoms in total. The summed E-state index contributed by atoms with van der Waals surface area (Å²) in [7, 11) is 1.37. The standard InChI is InChI=1S/C14H14BrNO3/c1-9-7-10(14(17)18-2)3-4-12(9)16-8-13-11(15)5-6-19-13/h3-7,16H,8H2,1-2H3. The molecule has 0 aliphatic carbocycles. The van der Waals surface area contributed by atoms with Gasteiger partial charge in [0, 0.05) is 5.69 Å². The molecule has 0 amide bonds. The van der Waals surface area contributed by atoms with Gasteiger partial charge in [0.2, 0.25) is 0 Å². The van der Waals surface area contributed by atoms with Gasteiger partial charge in [0.25, 0.3) is 0 Å². The molecule has 1 N–H and O–H groups in total. The topological polar surface area (TPSA) is 51.5 Å². The van der Waals surface area contributed by atoms with Gasteiger partial charge in [-0.25, -0.2) is 4.79 Å². The Labute approximate surface area is 119 Å². The van der Waals surface area contributed by atoms with Crippen molar-refractivity contribution in [2.24, 2.45) is 0 Å². The number of hydrogen-bond acceptors (Lipinski definition) is 4. The number of esters is 1. The number of rotatable bonds is 4. The third-order valence-corrected chi connectivity index (χ3v) is 3.48. The van der Waals surface area contributed by atoms with E-state index in [9.17, 15) is 4.79 Å². The van der Waals surface area contributed by atoms with Crippen molar-refractivity contribution in [1.29, 1.82) is 0 Å². The van der Waals surface area contributed by atoms with Crippen molar-refractivity contribution in [3.05, 3.63) is 51.9 Å². The first-order valence-corrected chi connectivity index (χ1v) is 6.56. The molecule has 2 rings (SSSR count). The summed E-state index contributed by atoms with van der Waals surface area (Å²) in [6.45, 7) is 2.51. The molecule has 0 unspecified atom stereocenters. The fourth-order valence-electron chi connectivity index (χ4n) is 1.73. The summed E-state index contributed by atoms with van der Waals surface area (Å²) in [5.41, 5.74) is 2.48. The van der Waals surface area contributed by atoms with Crippen molar-refractivity contribution in [2.45, 2.75) is 13.5 Å². The Kier molecular flexibility index (Phi) is 4.27. The van der Waals surface area contributed by atoms with E-state index < -0.39 is 0 Å². The Morgan fingerprint density at radius 2 is 2.21 bits per heavy atom. The lowest BCUT2D eigenvalue weighted by Gasteiger charge is -2.09. The average molecular weight is 324 g/mol. The van der Waals surface area contributed by atoms with Gasteiger partial charge in [-0.1, -0.05) is 0 Å². The molecule has 0 bridgehead atoms. The van der Waals surface area contributed by atoms with Crippen LogP contribution in [-0.2, 0) is 11.3 Å². The van der Waals surface area contributed by atoms with E-state index in [2.05, 4.69) is 26.0 Å². The average Bonchev–Trinajstić information content (AvgIpc) is 2.82. The minimum atomic E-state index is -0.330. The lowest BCUT2D eigenvalue weighted by Crippen LogP contribution is -2.04. The molecule has 0 saturated heterocycles. The maximum Gasteiger partial charge on any atom is 0.337 e. The Hall–Kier alpha value is -1.75. The zero-order valence-corrected chi connectivity index (χ0v) is 12.3. The van der Waals surface area contributed by atoms with E-state index in [1.54, 1.807) is 18.4 Å². The number of anilines is 1. The number of halogens is 1. The fourth-order valence-corrected chi connectivity index (χ4v) is 2.08. The van der Waals surface area contributed by atoms with E-state index >= 15 is 0 Å². The van der Waals surface area contributed by atoms with Crippen LogP contribution < -0.4 is 5.32 Å². The molecule has 19 heavy (non-hydrogen) atoms. The van der Waals surface area contributed by atoms with E-state index in [0.717, 1.165) is 21.5 Å². The maximum atomic E-state index is 11.4. The Balaban J connectivity index is 2.09. The quantitative estimate of drug-likeness (QED) is 0.870. The highest BCUT2D eigenvalue weighted by atomic mass is 79.9. The zero-order chi connectivity index (χ0) is 13.8. The van der Waals surface area contributed by atoms with Gasteiger partial charge in [-0.15, -0.1) is 0 Å². The number of carbonyl (C=O) groups is 1. The largest absolute Gasteiger partial charge is 0.466 e. The van der Waals surface area contributed by atoms with E-state index in [1.165, 1.54) is 7.11 Å². The first-order chi connectivity index (χ1) is 9.11. The van der Waals surface area contributed by atoms with Crippen LogP contribution in [0.3, 0.4) is 0 Å². The third kappa shape index (κ3) is 3.17. The summed E-state index contributed by atoms with van der Waals surface area (Å²) in [5, 5.41) is 3.26. The van der Waals surface area contributed by atoms with Gasteiger partial charge < -0.3 is 14.5 Å². The summed E-state index contributed by atoms with van der Waals surface area (Å²) in [5.74, 6) is 0.500. The van der Waals surface area contributed by atoms with Crippen LogP contribution in [0.5, 0.6) is 0 Å². The monoisotopic (exact) mass is 323 g/mol. The van der Waals surface area contributed by atoms with Gasteiger partial charge in [-0.05, 0) is 52.7 Å². The second kappa shape index (κ2) is 5.93. The van der Waals surface area contributed by atoms with E-state index in [4.69, 9.17) is 4.42 Å². The van der Waals surface area contributed by atoms with Crippen molar-refractivity contribution >= 4 is 27.6 Å². The van der Waals surface area contributed by atoms with Crippen molar-refractivity contribution in [2.75, 3.05) is 12.4 Å². The summed E-state index contributed by atoms with van der Waals surface area (Å²) in [4.78, 5) is 11.4. The minimum absolute atomic E-state index is 0.330. The molecule has 0 saturated carbocycles. The van der Waals surface area contributed by atoms with Gasteiger partial charge in [-0.3, -0.25) is 0 Å². The Morgan fingerprint density at radius 3 is 2.79 bits per heavy atom. The van der Waals surface area contributed by atoms with Crippen LogP contribution in [0.2, 0.25) is 0 Å². The van der Waals surface area contributed by atoms with Crippen LogP contribution >= 0.6 is 15.9 Å². The number of ether oxygens (including phenoxy) is 1. The molecule has 0 aliphatic rings. The zero-order valence-electron chi connectivity index (χ0n) is 10.7. The normalized spacial score (nSPS) is 10.3. The first-order valence-electron chi connectivity index (χ1n) is 5.76. The third-order valence-electron chi connectivity index (χ3n) is 2.78. The molecule has 0 radical (unpaired) electrons. The van der Waals surface area contributed by atoms with Crippen LogP contribution in [0, 0.1) is 6.92 Å². The second-order valence-corrected chi connectivity index (χ2v) is 4.92. The number of nitrogens with one attached hydrogen (secondary N) is 1. The predicted molar refractivity (Wildman–Crippen MR) is 76.3 cm³/mol. The molecule has 1 heterocycles. The van der Waals surface area contributed by atoms with Crippen LogP contribution in [0.1, 0.15) is 21.7 Å². The van der Waals surface area contributed by atoms with Crippen LogP contribution in [0.25, 0.3) is 0 Å². The molecular formula is C14H14BrNO3. The number of benzene rings is 1. The van der Waals surface area contributed by atoms with Crippen molar-refractivity contribution in [1.82, 2.24) is 0 Å². The summed E-state index contributed by atoms with van der Waals surface area (Å²) in [6, 6.07) is 7.24. The van der Waals surface area contributed by atoms with Crippen molar-refractivity contribution in [3.8, 4) is 0 Å². The number of aryl methyl sites for hydroxylation is 1. The molecule has 0 spiro atoms. The first kappa shape index (κ1) is 13.7. The number of carbonyl (C=O) groups excluding carboxylic acids is 1. The SMILES string of the molecule is COC(=O)c1ccc(NCc2occc2Br)c(C)c1. The highest BCUT2D eigenvalue weighted by molar-refractivity contribution is 9.10. The molecule has 0 atom stereocenters. The van der Waals surface area contributed by atoms with E-state index in [0.29, 0.717) is 12.1 Å². The molecule has 0 fully saturated rings. The lowest BCUT2D eigenvalue weighted by atomic mass is 10.1. The van der Waals surface area contributed by atoms with E-state index in [1.807, 2.05) is 19.1 Å². The van der Waals surface area contributed by atoms with Gasteiger partial charge in [0.1, 0.15) is 5.76 Å². The molecule has 100 valence electrons. The highest BCUT2D eigenvalue weighted by Gasteiger charge is 2.08. The number of methoxy groups -OCH3 is 1. The fraction of sp³-hybridized carbons (Fsp3) is 0.214. The molecule has 5 heteroatoms. The molecule has 2 aromatic rings. The predicted octanol–water partition coefficient (Wildman–Crippen LogP) is 3.75. The molecule has 1 aromatic heterocycles. The lowest BCUT2D eigenvalue weighted by molar-refractivity contribution is 0.0600. The van der Waals surface area contributed by atoms with Crippen molar-refractivity contribution in [3.63, 3.8) is 0 Å². The molecule has 0 aliphatic heterocycles. The number of furan rings is 1. The summed E-state index contributed by atoms with van der Waals surface area (Å²) in [6.07, 6.45) is 1.63. The van der Waals surface area contributed by atoms with Crippen LogP contribution in [0.15, 0.2) is 39.4 Å². The van der Waals surface area contributed by atoms with Gasteiger partial charge in [0.05, 0.1) is 30.0 Å². The van der Waals surface area contributed by atoms with Gasteiger partial charge in [-0.2, -0.15) is 0 Å². The van der Waals surface area contributed by atoms with Crippen LogP contribution in [-0.4, -0.2) is 13.1 Å². The van der Waals surface area contributed by atoms with Gasteiger partial charge in [0.15, 0.2) is 0 Å². The highest BCUT2D eigenvalue weighted by Crippen LogP contribution is 2.21. The molecular weight excluding hydrogens is 310 g/mol. The molecule has 1 aromatic carbocycles. The van der Waals surface area contributed by atoms with Crippen molar-refractivity contribution < 1.29 is 13.9 Å². The summed E-state index contributed by atoms with van der Waals surface area (Å²) >= 11 is 3.40. The summed E-state index contributed by atoms with van der Waals surface area (Å²) < 4.78 is 10.9. The maximum absolute atomic E-state index is 11.4. The Bertz CT molecular complexity index is 592. The van der Waals surface area contributed by atoms with E-state index in [-0.39, 0.29) is 5.97 Å².